The molecule has 160 valence electrons. The molecule has 0 atom stereocenters. The number of pyridine rings is 1. The van der Waals surface area contributed by atoms with Gasteiger partial charge in [-0.25, -0.2) is 9.97 Å². The lowest BCUT2D eigenvalue weighted by atomic mass is 10.1. The van der Waals surface area contributed by atoms with Crippen molar-refractivity contribution in [2.24, 2.45) is 0 Å². The number of aromatic hydroxyl groups is 1. The summed E-state index contributed by atoms with van der Waals surface area (Å²) in [5.41, 5.74) is 4.00. The fourth-order valence-electron chi connectivity index (χ4n) is 3.18. The average molecular weight is 462 g/mol. The molecule has 4 aromatic rings. The molecule has 0 spiro atoms. The van der Waals surface area contributed by atoms with Crippen LogP contribution in [0.15, 0.2) is 65.1 Å². The van der Waals surface area contributed by atoms with Crippen LogP contribution in [0.1, 0.15) is 11.1 Å². The zero-order chi connectivity index (χ0) is 22.5. The second-order valence-electron chi connectivity index (χ2n) is 6.68. The summed E-state index contributed by atoms with van der Waals surface area (Å²) in [5.74, 6) is 1.27. The molecule has 0 radical (unpaired) electrons. The number of rotatable bonds is 7. The smallest absolute Gasteiger partial charge is 0.201 e. The van der Waals surface area contributed by atoms with E-state index in [0.29, 0.717) is 34.1 Å². The molecule has 2 heterocycles. The Hall–Kier alpha value is -3.54. The van der Waals surface area contributed by atoms with E-state index in [-0.39, 0.29) is 5.75 Å². The first-order chi connectivity index (χ1) is 15.6. The van der Waals surface area contributed by atoms with Crippen LogP contribution in [0.4, 0.5) is 0 Å². The molecular weight excluding hydrogens is 442 g/mol. The van der Waals surface area contributed by atoms with Gasteiger partial charge in [0.2, 0.25) is 5.75 Å². The van der Waals surface area contributed by atoms with Crippen molar-refractivity contribution in [3.05, 3.63) is 71.2 Å². The van der Waals surface area contributed by atoms with E-state index >= 15 is 0 Å². The topological polar surface area (TPSA) is 88.3 Å². The third-order valence-corrected chi connectivity index (χ3v) is 6.66. The lowest BCUT2D eigenvalue weighted by Gasteiger charge is -2.11. The van der Waals surface area contributed by atoms with Gasteiger partial charge in [0.25, 0.3) is 0 Å². The summed E-state index contributed by atoms with van der Waals surface area (Å²) in [6.45, 7) is 0. The first-order valence-corrected chi connectivity index (χ1v) is 11.5. The Bertz CT molecular complexity index is 1300. The van der Waals surface area contributed by atoms with Gasteiger partial charge in [0.1, 0.15) is 5.01 Å². The molecule has 0 aliphatic rings. The number of thiazole rings is 1. The second kappa shape index (κ2) is 9.73. The molecule has 32 heavy (non-hydrogen) atoms. The van der Waals surface area contributed by atoms with Crippen molar-refractivity contribution in [3.63, 3.8) is 0 Å². The van der Waals surface area contributed by atoms with Crippen molar-refractivity contribution in [1.82, 2.24) is 9.97 Å². The maximum atomic E-state index is 10.4. The highest BCUT2D eigenvalue weighted by molar-refractivity contribution is 7.98. The largest absolute Gasteiger partial charge is 0.502 e. The van der Waals surface area contributed by atoms with Crippen molar-refractivity contribution in [1.29, 1.82) is 5.26 Å². The number of aromatic nitrogens is 2. The van der Waals surface area contributed by atoms with E-state index in [0.717, 1.165) is 21.2 Å². The average Bonchev–Trinajstić information content (AvgIpc) is 3.33. The Morgan fingerprint density at radius 3 is 2.75 bits per heavy atom. The molecule has 8 heteroatoms. The Labute approximate surface area is 194 Å². The zero-order valence-corrected chi connectivity index (χ0v) is 19.0. The number of phenolic OH excluding ortho intramolecular Hbond substituents is 1. The zero-order valence-electron chi connectivity index (χ0n) is 17.4. The second-order valence-corrected chi connectivity index (χ2v) is 8.53. The normalized spacial score (nSPS) is 10.5. The number of nitriles is 1. The lowest BCUT2D eigenvalue weighted by molar-refractivity contribution is 0.341. The van der Waals surface area contributed by atoms with E-state index in [1.54, 1.807) is 24.0 Å². The number of nitrogens with zero attached hydrogens (tertiary/aromatic N) is 3. The molecular formula is C24H19N3O3S2. The molecule has 0 saturated heterocycles. The molecule has 0 aliphatic heterocycles. The first-order valence-electron chi connectivity index (χ1n) is 9.61. The van der Waals surface area contributed by atoms with Gasteiger partial charge < -0.3 is 14.6 Å². The number of ether oxygens (including phenoxy) is 2. The summed E-state index contributed by atoms with van der Waals surface area (Å²) in [6.07, 6.45) is 1.76. The molecule has 0 unspecified atom stereocenters. The van der Waals surface area contributed by atoms with Crippen LogP contribution in [-0.2, 0) is 5.75 Å². The van der Waals surface area contributed by atoms with Crippen LogP contribution in [0.25, 0.3) is 21.8 Å². The standard InChI is InChI=1S/C24H19N3O3S2/c1-29-20-8-7-18(23(30-2)22(20)28)19-14-32-24(27-19)15-9-10-26-21(11-15)31-13-17-6-4-3-5-16(17)12-25/h3-11,14,28H,13H2,1-2H3. The lowest BCUT2D eigenvalue weighted by Crippen LogP contribution is -1.92. The van der Waals surface area contributed by atoms with Gasteiger partial charge in [-0.1, -0.05) is 18.2 Å². The van der Waals surface area contributed by atoms with E-state index in [4.69, 9.17) is 14.5 Å². The highest BCUT2D eigenvalue weighted by atomic mass is 32.2. The van der Waals surface area contributed by atoms with Crippen LogP contribution in [0.5, 0.6) is 17.2 Å². The van der Waals surface area contributed by atoms with Crippen molar-refractivity contribution in [2.45, 2.75) is 10.8 Å². The first kappa shape index (κ1) is 21.7. The Morgan fingerprint density at radius 1 is 1.12 bits per heavy atom. The van der Waals surface area contributed by atoms with E-state index in [9.17, 15) is 10.4 Å². The Balaban J connectivity index is 1.58. The van der Waals surface area contributed by atoms with Crippen LogP contribution < -0.4 is 9.47 Å². The molecule has 2 aromatic heterocycles. The van der Waals surface area contributed by atoms with Crippen molar-refractivity contribution in [2.75, 3.05) is 14.2 Å². The number of thioether (sulfide) groups is 1. The third-order valence-electron chi connectivity index (χ3n) is 4.79. The molecule has 6 nitrogen and oxygen atoms in total. The summed E-state index contributed by atoms with van der Waals surface area (Å²) < 4.78 is 10.6. The molecule has 0 aliphatic carbocycles. The van der Waals surface area contributed by atoms with Gasteiger partial charge in [-0.2, -0.15) is 5.26 Å². The molecule has 1 N–H and O–H groups in total. The summed E-state index contributed by atoms with van der Waals surface area (Å²) in [6, 6.07) is 17.2. The molecule has 0 saturated carbocycles. The predicted octanol–water partition coefficient (Wildman–Crippen LogP) is 5.76. The summed E-state index contributed by atoms with van der Waals surface area (Å²) in [5, 5.41) is 23.3. The number of benzene rings is 2. The predicted molar refractivity (Wildman–Crippen MR) is 126 cm³/mol. The Morgan fingerprint density at radius 2 is 1.97 bits per heavy atom. The van der Waals surface area contributed by atoms with Crippen molar-refractivity contribution >= 4 is 23.1 Å². The number of hydrogen-bond acceptors (Lipinski definition) is 8. The van der Waals surface area contributed by atoms with Gasteiger partial charge in [-0.3, -0.25) is 0 Å². The minimum atomic E-state index is -0.0534. The van der Waals surface area contributed by atoms with E-state index in [1.807, 2.05) is 47.8 Å². The van der Waals surface area contributed by atoms with Crippen LogP contribution in [0, 0.1) is 11.3 Å². The van der Waals surface area contributed by atoms with Gasteiger partial charge in [-0.05, 0) is 35.9 Å². The van der Waals surface area contributed by atoms with Crippen LogP contribution in [0.3, 0.4) is 0 Å². The van der Waals surface area contributed by atoms with Crippen molar-refractivity contribution < 1.29 is 14.6 Å². The maximum Gasteiger partial charge on any atom is 0.201 e. The van der Waals surface area contributed by atoms with E-state index in [1.165, 1.54) is 25.6 Å². The number of phenols is 1. The van der Waals surface area contributed by atoms with Gasteiger partial charge in [0, 0.05) is 28.5 Å². The highest BCUT2D eigenvalue weighted by Gasteiger charge is 2.18. The van der Waals surface area contributed by atoms with Gasteiger partial charge in [0.15, 0.2) is 11.5 Å². The SMILES string of the molecule is COc1ccc(-c2csc(-c3ccnc(SCc4ccccc4C#N)c3)n2)c(OC)c1O. The molecule has 4 rings (SSSR count). The third kappa shape index (κ3) is 4.40. The van der Waals surface area contributed by atoms with E-state index < -0.39 is 0 Å². The van der Waals surface area contributed by atoms with Crippen LogP contribution in [-0.4, -0.2) is 29.3 Å². The van der Waals surface area contributed by atoms with Gasteiger partial charge in [0.05, 0.1) is 36.6 Å². The van der Waals surface area contributed by atoms with Crippen molar-refractivity contribution in [3.8, 4) is 45.1 Å². The summed E-state index contributed by atoms with van der Waals surface area (Å²) in [4.78, 5) is 9.20. The Kier molecular flexibility index (Phi) is 6.59. The molecule has 0 amide bonds. The summed E-state index contributed by atoms with van der Waals surface area (Å²) in [7, 11) is 3.00. The highest BCUT2D eigenvalue weighted by Crippen LogP contribution is 2.44. The van der Waals surface area contributed by atoms with Gasteiger partial charge in [-0.15, -0.1) is 23.1 Å². The number of methoxy groups -OCH3 is 2. The molecule has 2 aromatic carbocycles. The number of hydrogen-bond donors (Lipinski definition) is 1. The monoisotopic (exact) mass is 461 g/mol. The molecule has 0 fully saturated rings. The van der Waals surface area contributed by atoms with E-state index in [2.05, 4.69) is 11.1 Å². The fraction of sp³-hybridized carbons (Fsp3) is 0.125. The fourth-order valence-corrected chi connectivity index (χ4v) is 4.90. The van der Waals surface area contributed by atoms with Crippen LogP contribution in [0.2, 0.25) is 0 Å². The maximum absolute atomic E-state index is 10.4. The minimum absolute atomic E-state index is 0.0534. The molecule has 0 bridgehead atoms. The minimum Gasteiger partial charge on any atom is -0.502 e. The van der Waals surface area contributed by atoms with Gasteiger partial charge >= 0.3 is 0 Å². The quantitative estimate of drug-likeness (QED) is 0.350. The summed E-state index contributed by atoms with van der Waals surface area (Å²) >= 11 is 3.08. The van der Waals surface area contributed by atoms with Crippen LogP contribution >= 0.6 is 23.1 Å².